The van der Waals surface area contributed by atoms with E-state index in [1.807, 2.05) is 55.6 Å². The van der Waals surface area contributed by atoms with E-state index in [2.05, 4.69) is 23.3 Å². The molecule has 3 aromatic rings. The second-order valence-electron chi connectivity index (χ2n) is 5.79. The molecule has 3 rings (SSSR count). The van der Waals surface area contributed by atoms with Crippen molar-refractivity contribution in [3.63, 3.8) is 0 Å². The summed E-state index contributed by atoms with van der Waals surface area (Å²) in [5.41, 5.74) is 4.26. The lowest BCUT2D eigenvalue weighted by atomic mass is 10.0. The molecular weight excluding hydrogens is 300 g/mol. The number of hydrogen-bond acceptors (Lipinski definition) is 3. The standard InChI is InChI=1S/C20H22N2O2/c1-3-24-20(23)19(21-12-15-9-5-4-6-10-15)17-13-22-18-14(2)8-7-11-16(17)18/h4-11,13,19,21-22H,3,12H2,1-2H3. The Morgan fingerprint density at radius 2 is 1.96 bits per heavy atom. The van der Waals surface area contributed by atoms with Gasteiger partial charge in [0.1, 0.15) is 6.04 Å². The smallest absolute Gasteiger partial charge is 0.327 e. The van der Waals surface area contributed by atoms with Crippen molar-refractivity contribution in [2.24, 2.45) is 0 Å². The summed E-state index contributed by atoms with van der Waals surface area (Å²) >= 11 is 0. The molecule has 0 aliphatic rings. The highest BCUT2D eigenvalue weighted by atomic mass is 16.5. The van der Waals surface area contributed by atoms with Gasteiger partial charge in [0.05, 0.1) is 6.61 Å². The summed E-state index contributed by atoms with van der Waals surface area (Å²) in [5, 5.41) is 4.39. The van der Waals surface area contributed by atoms with Crippen LogP contribution in [0.5, 0.6) is 0 Å². The maximum Gasteiger partial charge on any atom is 0.327 e. The van der Waals surface area contributed by atoms with Crippen molar-refractivity contribution in [1.29, 1.82) is 0 Å². The molecule has 1 heterocycles. The molecule has 0 fully saturated rings. The van der Waals surface area contributed by atoms with Crippen molar-refractivity contribution < 1.29 is 9.53 Å². The van der Waals surface area contributed by atoms with Crippen molar-refractivity contribution in [3.05, 3.63) is 71.4 Å². The second kappa shape index (κ2) is 7.32. The molecule has 0 bridgehead atoms. The van der Waals surface area contributed by atoms with E-state index in [0.29, 0.717) is 13.2 Å². The Kier molecular flexibility index (Phi) is 4.96. The molecule has 0 aliphatic carbocycles. The molecule has 0 saturated carbocycles. The first-order valence-corrected chi connectivity index (χ1v) is 8.21. The molecule has 0 aliphatic heterocycles. The Hall–Kier alpha value is -2.59. The SMILES string of the molecule is CCOC(=O)C(NCc1ccccc1)c1c[nH]c2c(C)cccc12. The van der Waals surface area contributed by atoms with Crippen LogP contribution < -0.4 is 5.32 Å². The number of aromatic amines is 1. The molecule has 0 radical (unpaired) electrons. The third-order valence-electron chi connectivity index (χ3n) is 4.14. The molecule has 4 nitrogen and oxygen atoms in total. The van der Waals surface area contributed by atoms with Crippen LogP contribution in [-0.2, 0) is 16.1 Å². The summed E-state index contributed by atoms with van der Waals surface area (Å²) in [6, 6.07) is 15.6. The van der Waals surface area contributed by atoms with Gasteiger partial charge in [0.15, 0.2) is 0 Å². The number of rotatable bonds is 6. The van der Waals surface area contributed by atoms with E-state index in [4.69, 9.17) is 4.74 Å². The molecule has 1 unspecified atom stereocenters. The first kappa shape index (κ1) is 16.3. The zero-order valence-corrected chi connectivity index (χ0v) is 14.0. The number of benzene rings is 2. The van der Waals surface area contributed by atoms with Crippen LogP contribution in [0, 0.1) is 6.92 Å². The number of hydrogen-bond donors (Lipinski definition) is 2. The number of para-hydroxylation sites is 1. The number of ether oxygens (including phenoxy) is 1. The Balaban J connectivity index is 1.91. The van der Waals surface area contributed by atoms with Gasteiger partial charge in [-0.15, -0.1) is 0 Å². The minimum Gasteiger partial charge on any atom is -0.465 e. The Bertz CT molecular complexity index is 824. The number of H-pyrrole nitrogens is 1. The summed E-state index contributed by atoms with van der Waals surface area (Å²) in [7, 11) is 0. The van der Waals surface area contributed by atoms with Gasteiger partial charge < -0.3 is 9.72 Å². The third-order valence-corrected chi connectivity index (χ3v) is 4.14. The minimum absolute atomic E-state index is 0.254. The van der Waals surface area contributed by atoms with Crippen LogP contribution >= 0.6 is 0 Å². The summed E-state index contributed by atoms with van der Waals surface area (Å²) in [4.78, 5) is 15.8. The predicted octanol–water partition coefficient (Wildman–Crippen LogP) is 3.87. The maximum absolute atomic E-state index is 12.5. The van der Waals surface area contributed by atoms with E-state index in [0.717, 1.165) is 27.6 Å². The minimum atomic E-state index is -0.499. The number of fused-ring (bicyclic) bond motifs is 1. The zero-order chi connectivity index (χ0) is 16.9. The van der Waals surface area contributed by atoms with Crippen LogP contribution in [0.3, 0.4) is 0 Å². The van der Waals surface area contributed by atoms with Gasteiger partial charge in [-0.3, -0.25) is 5.32 Å². The van der Waals surface area contributed by atoms with Gasteiger partial charge in [-0.2, -0.15) is 0 Å². The summed E-state index contributed by atoms with van der Waals surface area (Å²) in [6.45, 7) is 4.84. The molecule has 0 spiro atoms. The largest absolute Gasteiger partial charge is 0.465 e. The van der Waals surface area contributed by atoms with Crippen LogP contribution in [0.15, 0.2) is 54.7 Å². The highest BCUT2D eigenvalue weighted by molar-refractivity contribution is 5.91. The molecular formula is C20H22N2O2. The zero-order valence-electron chi connectivity index (χ0n) is 14.0. The average molecular weight is 322 g/mol. The van der Waals surface area contributed by atoms with Gasteiger partial charge in [-0.05, 0) is 25.0 Å². The Morgan fingerprint density at radius 1 is 1.17 bits per heavy atom. The van der Waals surface area contributed by atoms with Gasteiger partial charge in [-0.1, -0.05) is 48.5 Å². The quantitative estimate of drug-likeness (QED) is 0.677. The van der Waals surface area contributed by atoms with Crippen LogP contribution in [-0.4, -0.2) is 17.6 Å². The number of carbonyl (C=O) groups is 1. The van der Waals surface area contributed by atoms with Crippen LogP contribution in [0.2, 0.25) is 0 Å². The molecule has 4 heteroatoms. The normalized spacial score (nSPS) is 12.2. The molecule has 2 aromatic carbocycles. The van der Waals surface area contributed by atoms with Crippen molar-refractivity contribution in [2.75, 3.05) is 6.61 Å². The summed E-state index contributed by atoms with van der Waals surface area (Å²) < 4.78 is 5.28. The second-order valence-corrected chi connectivity index (χ2v) is 5.79. The number of carbonyl (C=O) groups excluding carboxylic acids is 1. The molecule has 0 amide bonds. The van der Waals surface area contributed by atoms with E-state index in [9.17, 15) is 4.79 Å². The van der Waals surface area contributed by atoms with Crippen molar-refractivity contribution in [1.82, 2.24) is 10.3 Å². The molecule has 24 heavy (non-hydrogen) atoms. The van der Waals surface area contributed by atoms with E-state index in [-0.39, 0.29) is 5.97 Å². The van der Waals surface area contributed by atoms with Crippen LogP contribution in [0.1, 0.15) is 29.7 Å². The van der Waals surface area contributed by atoms with Gasteiger partial charge in [0.2, 0.25) is 0 Å². The fraction of sp³-hybridized carbons (Fsp3) is 0.250. The fourth-order valence-corrected chi connectivity index (χ4v) is 2.93. The first-order chi connectivity index (χ1) is 11.7. The van der Waals surface area contributed by atoms with Crippen LogP contribution in [0.4, 0.5) is 0 Å². The Morgan fingerprint density at radius 3 is 2.71 bits per heavy atom. The summed E-state index contributed by atoms with van der Waals surface area (Å²) in [6.07, 6.45) is 1.90. The lowest BCUT2D eigenvalue weighted by Gasteiger charge is -2.17. The molecule has 1 aromatic heterocycles. The monoisotopic (exact) mass is 322 g/mol. The number of aromatic nitrogens is 1. The van der Waals surface area contributed by atoms with Crippen molar-refractivity contribution >= 4 is 16.9 Å². The Labute approximate surface area is 141 Å². The van der Waals surface area contributed by atoms with Gasteiger partial charge in [-0.25, -0.2) is 4.79 Å². The van der Waals surface area contributed by atoms with Gasteiger partial charge >= 0.3 is 5.97 Å². The highest BCUT2D eigenvalue weighted by Crippen LogP contribution is 2.27. The first-order valence-electron chi connectivity index (χ1n) is 8.21. The van der Waals surface area contributed by atoms with Gasteiger partial charge in [0.25, 0.3) is 0 Å². The third kappa shape index (κ3) is 3.34. The number of aryl methyl sites for hydroxylation is 1. The average Bonchev–Trinajstić information content (AvgIpc) is 3.02. The maximum atomic E-state index is 12.5. The molecule has 124 valence electrons. The predicted molar refractivity (Wildman–Crippen MR) is 95.7 cm³/mol. The van der Waals surface area contributed by atoms with E-state index in [1.54, 1.807) is 0 Å². The van der Waals surface area contributed by atoms with E-state index in [1.165, 1.54) is 0 Å². The summed E-state index contributed by atoms with van der Waals surface area (Å²) in [5.74, 6) is -0.254. The lowest BCUT2D eigenvalue weighted by molar-refractivity contribution is -0.145. The molecule has 2 N–H and O–H groups in total. The number of nitrogens with one attached hydrogen (secondary N) is 2. The topological polar surface area (TPSA) is 54.1 Å². The van der Waals surface area contributed by atoms with Crippen LogP contribution in [0.25, 0.3) is 10.9 Å². The van der Waals surface area contributed by atoms with Gasteiger partial charge in [0, 0.05) is 29.2 Å². The number of esters is 1. The van der Waals surface area contributed by atoms with E-state index >= 15 is 0 Å². The molecule has 1 atom stereocenters. The highest BCUT2D eigenvalue weighted by Gasteiger charge is 2.24. The lowest BCUT2D eigenvalue weighted by Crippen LogP contribution is -2.29. The van der Waals surface area contributed by atoms with Crippen molar-refractivity contribution in [3.8, 4) is 0 Å². The fourth-order valence-electron chi connectivity index (χ4n) is 2.93. The van der Waals surface area contributed by atoms with E-state index < -0.39 is 6.04 Å². The van der Waals surface area contributed by atoms with Crippen molar-refractivity contribution in [2.45, 2.75) is 26.4 Å². The molecule has 0 saturated heterocycles.